The minimum Gasteiger partial charge on any atom is -0.347 e. The molecule has 29 heavy (non-hydrogen) atoms. The molecule has 4 aromatic rings. The van der Waals surface area contributed by atoms with Gasteiger partial charge < -0.3 is 9.88 Å². The van der Waals surface area contributed by atoms with Crippen molar-refractivity contribution in [1.82, 2.24) is 9.88 Å². The lowest BCUT2D eigenvalue weighted by Crippen LogP contribution is -2.25. The van der Waals surface area contributed by atoms with Gasteiger partial charge in [0, 0.05) is 18.2 Å². The summed E-state index contributed by atoms with van der Waals surface area (Å²) < 4.78 is 43.9. The number of amides is 1. The number of carbonyl (C=O) groups is 1. The van der Waals surface area contributed by atoms with E-state index in [1.807, 2.05) is 6.07 Å². The molecule has 0 bridgehead atoms. The third-order valence-corrected chi connectivity index (χ3v) is 6.08. The van der Waals surface area contributed by atoms with Gasteiger partial charge in [-0.15, -0.1) is 11.3 Å². The first kappa shape index (κ1) is 19.7. The summed E-state index contributed by atoms with van der Waals surface area (Å²) in [6.07, 6.45) is 0. The van der Waals surface area contributed by atoms with Gasteiger partial charge in [0.2, 0.25) is 0 Å². The average molecular weight is 479 g/mol. The Kier molecular flexibility index (Phi) is 5.47. The van der Waals surface area contributed by atoms with Crippen LogP contribution in [0.2, 0.25) is 0 Å². The van der Waals surface area contributed by atoms with E-state index < -0.39 is 11.6 Å². The van der Waals surface area contributed by atoms with E-state index in [4.69, 9.17) is 0 Å². The topological polar surface area (TPSA) is 34.0 Å². The standard InChI is InChI=1S/C21H14BrF3N2OS/c22-20-9-17-19(29-20)8-18(21(28)26-10-12-1-4-14(23)5-2-12)27(17)11-13-3-6-15(24)7-16(13)25/h1-9H,10-11H2,(H,26,28). The van der Waals surface area contributed by atoms with Crippen LogP contribution >= 0.6 is 27.3 Å². The number of nitrogens with one attached hydrogen (secondary N) is 1. The Morgan fingerprint density at radius 2 is 1.72 bits per heavy atom. The number of benzene rings is 2. The molecule has 4 rings (SSSR count). The maximum absolute atomic E-state index is 14.2. The summed E-state index contributed by atoms with van der Waals surface area (Å²) in [5, 5.41) is 2.81. The van der Waals surface area contributed by atoms with E-state index in [0.717, 1.165) is 25.6 Å². The Hall–Kier alpha value is -2.58. The van der Waals surface area contributed by atoms with Crippen molar-refractivity contribution in [2.45, 2.75) is 13.1 Å². The van der Waals surface area contributed by atoms with Gasteiger partial charge in [-0.25, -0.2) is 13.2 Å². The van der Waals surface area contributed by atoms with Crippen LogP contribution in [0.15, 0.2) is 58.4 Å². The van der Waals surface area contributed by atoms with Crippen LogP contribution in [0.25, 0.3) is 10.2 Å². The molecule has 3 nitrogen and oxygen atoms in total. The highest BCUT2D eigenvalue weighted by atomic mass is 79.9. The highest BCUT2D eigenvalue weighted by Crippen LogP contribution is 2.33. The van der Waals surface area contributed by atoms with Gasteiger partial charge in [0.05, 0.1) is 20.5 Å². The number of fused-ring (bicyclic) bond motifs is 1. The second-order valence-electron chi connectivity index (χ2n) is 6.46. The van der Waals surface area contributed by atoms with E-state index in [0.29, 0.717) is 5.69 Å². The minimum absolute atomic E-state index is 0.0814. The smallest absolute Gasteiger partial charge is 0.268 e. The van der Waals surface area contributed by atoms with E-state index in [1.54, 1.807) is 22.8 Å². The number of carbonyl (C=O) groups excluding carboxylic acids is 1. The first-order chi connectivity index (χ1) is 13.9. The molecule has 0 radical (unpaired) electrons. The monoisotopic (exact) mass is 478 g/mol. The third-order valence-electron chi connectivity index (χ3n) is 4.50. The number of thiophene rings is 1. The van der Waals surface area contributed by atoms with E-state index >= 15 is 0 Å². The maximum atomic E-state index is 14.2. The maximum Gasteiger partial charge on any atom is 0.268 e. The van der Waals surface area contributed by atoms with Gasteiger partial charge in [-0.05, 0) is 51.8 Å². The zero-order chi connectivity index (χ0) is 20.5. The Bertz CT molecular complexity index is 1200. The summed E-state index contributed by atoms with van der Waals surface area (Å²) in [5.74, 6) is -2.00. The van der Waals surface area contributed by atoms with Crippen molar-refractivity contribution in [3.8, 4) is 0 Å². The van der Waals surface area contributed by atoms with Crippen molar-refractivity contribution >= 4 is 43.4 Å². The van der Waals surface area contributed by atoms with E-state index in [9.17, 15) is 18.0 Å². The normalized spacial score (nSPS) is 11.2. The second-order valence-corrected chi connectivity index (χ2v) is 8.92. The SMILES string of the molecule is O=C(NCc1ccc(F)cc1)c1cc2sc(Br)cc2n1Cc1ccc(F)cc1F. The molecule has 2 heterocycles. The van der Waals surface area contributed by atoms with Crippen molar-refractivity contribution in [2.75, 3.05) is 0 Å². The molecule has 0 aliphatic carbocycles. The Morgan fingerprint density at radius 3 is 2.45 bits per heavy atom. The molecule has 0 fully saturated rings. The molecule has 0 saturated carbocycles. The van der Waals surface area contributed by atoms with Crippen LogP contribution < -0.4 is 5.32 Å². The quantitative estimate of drug-likeness (QED) is 0.382. The fourth-order valence-electron chi connectivity index (χ4n) is 3.07. The van der Waals surface area contributed by atoms with Crippen LogP contribution in [0.4, 0.5) is 13.2 Å². The van der Waals surface area contributed by atoms with Gasteiger partial charge in [0.15, 0.2) is 0 Å². The summed E-state index contributed by atoms with van der Waals surface area (Å²) in [4.78, 5) is 12.8. The Labute approximate surface area is 176 Å². The summed E-state index contributed by atoms with van der Waals surface area (Å²) >= 11 is 4.88. The number of hydrogen-bond acceptors (Lipinski definition) is 2. The van der Waals surface area contributed by atoms with Crippen molar-refractivity contribution in [1.29, 1.82) is 0 Å². The largest absolute Gasteiger partial charge is 0.347 e. The van der Waals surface area contributed by atoms with Gasteiger partial charge in [-0.2, -0.15) is 0 Å². The summed E-state index contributed by atoms with van der Waals surface area (Å²) in [5.41, 5.74) is 2.17. The lowest BCUT2D eigenvalue weighted by molar-refractivity contribution is 0.0942. The molecule has 1 N–H and O–H groups in total. The third kappa shape index (κ3) is 4.23. The van der Waals surface area contributed by atoms with Gasteiger partial charge in [-0.3, -0.25) is 4.79 Å². The van der Waals surface area contributed by atoms with E-state index in [1.165, 1.54) is 35.6 Å². The first-order valence-electron chi connectivity index (χ1n) is 8.66. The minimum atomic E-state index is -0.668. The second kappa shape index (κ2) is 8.04. The first-order valence-corrected chi connectivity index (χ1v) is 10.3. The van der Waals surface area contributed by atoms with E-state index in [-0.39, 0.29) is 30.4 Å². The Morgan fingerprint density at radius 1 is 1.00 bits per heavy atom. The molecule has 2 aromatic carbocycles. The molecule has 0 aliphatic rings. The van der Waals surface area contributed by atoms with E-state index in [2.05, 4.69) is 21.2 Å². The molecule has 148 valence electrons. The zero-order valence-corrected chi connectivity index (χ0v) is 17.3. The predicted molar refractivity (Wildman–Crippen MR) is 111 cm³/mol. The molecule has 1 amide bonds. The Balaban J connectivity index is 1.64. The fourth-order valence-corrected chi connectivity index (χ4v) is 4.63. The summed E-state index contributed by atoms with van der Waals surface area (Å²) in [6.45, 7) is 0.310. The number of hydrogen-bond donors (Lipinski definition) is 1. The predicted octanol–water partition coefficient (Wildman–Crippen LogP) is 5.86. The van der Waals surface area contributed by atoms with Crippen molar-refractivity contribution in [3.63, 3.8) is 0 Å². The lowest BCUT2D eigenvalue weighted by atomic mass is 10.2. The van der Waals surface area contributed by atoms with Gasteiger partial charge >= 0.3 is 0 Å². The molecule has 0 atom stereocenters. The van der Waals surface area contributed by atoms with Crippen LogP contribution in [0.3, 0.4) is 0 Å². The molecule has 0 saturated heterocycles. The summed E-state index contributed by atoms with van der Waals surface area (Å²) in [6, 6.07) is 12.8. The van der Waals surface area contributed by atoms with Gasteiger partial charge in [-0.1, -0.05) is 18.2 Å². The van der Waals surface area contributed by atoms with Crippen molar-refractivity contribution in [3.05, 3.63) is 92.7 Å². The summed E-state index contributed by atoms with van der Waals surface area (Å²) in [7, 11) is 0. The highest BCUT2D eigenvalue weighted by molar-refractivity contribution is 9.11. The molecule has 0 spiro atoms. The molecule has 0 aliphatic heterocycles. The molecule has 2 aromatic heterocycles. The lowest BCUT2D eigenvalue weighted by Gasteiger charge is -2.12. The number of nitrogens with zero attached hydrogens (tertiary/aromatic N) is 1. The molecule has 0 unspecified atom stereocenters. The number of rotatable bonds is 5. The van der Waals surface area contributed by atoms with Crippen LogP contribution in [0, 0.1) is 17.5 Å². The van der Waals surface area contributed by atoms with Crippen LogP contribution in [-0.4, -0.2) is 10.5 Å². The van der Waals surface area contributed by atoms with Crippen LogP contribution in [0.5, 0.6) is 0 Å². The van der Waals surface area contributed by atoms with Gasteiger partial charge in [0.1, 0.15) is 23.1 Å². The van der Waals surface area contributed by atoms with Crippen molar-refractivity contribution in [2.24, 2.45) is 0 Å². The van der Waals surface area contributed by atoms with Crippen LogP contribution in [0.1, 0.15) is 21.6 Å². The van der Waals surface area contributed by atoms with Crippen molar-refractivity contribution < 1.29 is 18.0 Å². The molecular formula is C21H14BrF3N2OS. The molecule has 8 heteroatoms. The average Bonchev–Trinajstić information content (AvgIpc) is 3.20. The van der Waals surface area contributed by atoms with Gasteiger partial charge in [0.25, 0.3) is 5.91 Å². The number of aromatic nitrogens is 1. The number of halogens is 4. The van der Waals surface area contributed by atoms with Crippen LogP contribution in [-0.2, 0) is 13.1 Å². The highest BCUT2D eigenvalue weighted by Gasteiger charge is 2.19. The fraction of sp³-hybridized carbons (Fsp3) is 0.0952. The molecular weight excluding hydrogens is 465 g/mol. The zero-order valence-electron chi connectivity index (χ0n) is 14.9.